The minimum absolute atomic E-state index is 0. The van der Waals surface area contributed by atoms with Crippen molar-refractivity contribution in [2.45, 2.75) is 6.42 Å². The van der Waals surface area contributed by atoms with Crippen LogP contribution in [-0.2, 0) is 4.79 Å². The van der Waals surface area contributed by atoms with E-state index in [4.69, 9.17) is 0 Å². The van der Waals surface area contributed by atoms with Gasteiger partial charge in [-0.2, -0.15) is 0 Å². The van der Waals surface area contributed by atoms with E-state index in [0.29, 0.717) is 12.0 Å². The van der Waals surface area contributed by atoms with Gasteiger partial charge < -0.3 is 14.8 Å². The van der Waals surface area contributed by atoms with Crippen LogP contribution in [0.1, 0.15) is 12.0 Å². The molecule has 0 bridgehead atoms. The van der Waals surface area contributed by atoms with Gasteiger partial charge in [0.2, 0.25) is 0 Å². The van der Waals surface area contributed by atoms with Gasteiger partial charge >= 0.3 is 29.6 Å². The minimum atomic E-state index is -1.06. The molecule has 0 radical (unpaired) electrons. The van der Waals surface area contributed by atoms with Crippen molar-refractivity contribution in [1.29, 1.82) is 0 Å². The van der Waals surface area contributed by atoms with Gasteiger partial charge in [0.25, 0.3) is 0 Å². The molecular formula is C16H18NNaO2S2. The summed E-state index contributed by atoms with van der Waals surface area (Å²) in [7, 11) is 4.00. The first kappa shape index (κ1) is 19.7. The van der Waals surface area contributed by atoms with Gasteiger partial charge in [0.1, 0.15) is 0 Å². The summed E-state index contributed by atoms with van der Waals surface area (Å²) in [6, 6.07) is 8.13. The average molecular weight is 343 g/mol. The van der Waals surface area contributed by atoms with Crippen molar-refractivity contribution >= 4 is 41.3 Å². The van der Waals surface area contributed by atoms with E-state index in [1.165, 1.54) is 0 Å². The van der Waals surface area contributed by atoms with Gasteiger partial charge in [-0.1, -0.05) is 24.3 Å². The topological polar surface area (TPSA) is 43.4 Å². The van der Waals surface area contributed by atoms with Gasteiger partial charge in [-0.3, -0.25) is 0 Å². The van der Waals surface area contributed by atoms with Crippen LogP contribution in [0, 0.1) is 0 Å². The van der Waals surface area contributed by atoms with Crippen LogP contribution in [0.5, 0.6) is 0 Å². The van der Waals surface area contributed by atoms with E-state index in [2.05, 4.69) is 0 Å². The molecule has 0 spiro atoms. The van der Waals surface area contributed by atoms with E-state index >= 15 is 0 Å². The van der Waals surface area contributed by atoms with Crippen LogP contribution >= 0.6 is 23.5 Å². The van der Waals surface area contributed by atoms with E-state index in [9.17, 15) is 9.90 Å². The van der Waals surface area contributed by atoms with Crippen LogP contribution in [0.25, 0.3) is 6.08 Å². The normalized spacial score (nSPS) is 14.0. The molecule has 0 atom stereocenters. The van der Waals surface area contributed by atoms with E-state index < -0.39 is 5.97 Å². The number of hydrogen-bond acceptors (Lipinski definition) is 5. The summed E-state index contributed by atoms with van der Waals surface area (Å²) < 4.78 is 0.905. The summed E-state index contributed by atoms with van der Waals surface area (Å²) in [6.07, 6.45) is 4.25. The number of hydrogen-bond donors (Lipinski definition) is 0. The Morgan fingerprint density at radius 1 is 1.23 bits per heavy atom. The van der Waals surface area contributed by atoms with E-state index in [1.54, 1.807) is 23.5 Å². The Labute approximate surface area is 162 Å². The van der Waals surface area contributed by atoms with Gasteiger partial charge in [0, 0.05) is 35.5 Å². The third-order valence-electron chi connectivity index (χ3n) is 3.08. The standard InChI is InChI=1S/C16H19NO2S2.Na/c1-17(2)13-8-6-12(7-9-13)4-3-5-14(15(18)19)16-20-10-11-21-16;/h3-4,6-9H,5,10-11H2,1-2H3,(H,18,19);/q;+1/p-1/b4-3+;. The molecule has 1 aliphatic heterocycles. The third-order valence-corrected chi connectivity index (χ3v) is 5.88. The molecule has 0 amide bonds. The molecule has 1 saturated heterocycles. The third kappa shape index (κ3) is 5.70. The molecular weight excluding hydrogens is 325 g/mol. The molecule has 6 heteroatoms. The number of carboxylic acid groups (broad SMARTS) is 1. The molecule has 0 N–H and O–H groups in total. The molecule has 2 rings (SSSR count). The Hall–Kier alpha value is -0.330. The Balaban J connectivity index is 0.00000242. The van der Waals surface area contributed by atoms with E-state index in [1.807, 2.05) is 55.4 Å². The van der Waals surface area contributed by atoms with Crippen molar-refractivity contribution in [2.24, 2.45) is 0 Å². The molecule has 1 aromatic rings. The van der Waals surface area contributed by atoms with Crippen LogP contribution in [0.3, 0.4) is 0 Å². The monoisotopic (exact) mass is 343 g/mol. The van der Waals surface area contributed by atoms with E-state index in [0.717, 1.165) is 27.0 Å². The molecule has 0 aliphatic carbocycles. The number of allylic oxidation sites excluding steroid dienone is 1. The van der Waals surface area contributed by atoms with Crippen molar-refractivity contribution in [3.05, 3.63) is 45.7 Å². The van der Waals surface area contributed by atoms with Crippen molar-refractivity contribution in [3.8, 4) is 0 Å². The number of carbonyl (C=O) groups excluding carboxylic acids is 1. The molecule has 1 fully saturated rings. The fourth-order valence-corrected chi connectivity index (χ4v) is 4.48. The fourth-order valence-electron chi connectivity index (χ4n) is 1.93. The Bertz CT molecular complexity index is 560. The first-order chi connectivity index (χ1) is 10.1. The largest absolute Gasteiger partial charge is 1.00 e. The van der Waals surface area contributed by atoms with Crippen LogP contribution in [-0.4, -0.2) is 31.6 Å². The summed E-state index contributed by atoms with van der Waals surface area (Å²) in [5.74, 6) is 0.901. The maximum atomic E-state index is 11.2. The second-order valence-corrected chi connectivity index (χ2v) is 7.31. The van der Waals surface area contributed by atoms with Gasteiger partial charge in [-0.15, -0.1) is 23.5 Å². The molecule has 0 unspecified atom stereocenters. The maximum Gasteiger partial charge on any atom is 1.00 e. The molecule has 1 aromatic carbocycles. The molecule has 1 aliphatic rings. The smallest absolute Gasteiger partial charge is 0.545 e. The fraction of sp³-hybridized carbons (Fsp3) is 0.312. The second kappa shape index (κ2) is 9.73. The maximum absolute atomic E-state index is 11.2. The molecule has 22 heavy (non-hydrogen) atoms. The van der Waals surface area contributed by atoms with E-state index in [-0.39, 0.29) is 29.6 Å². The van der Waals surface area contributed by atoms with Crippen molar-refractivity contribution in [3.63, 3.8) is 0 Å². The van der Waals surface area contributed by atoms with Crippen molar-refractivity contribution < 1.29 is 39.5 Å². The van der Waals surface area contributed by atoms with Crippen LogP contribution in [0.2, 0.25) is 0 Å². The number of rotatable bonds is 5. The number of anilines is 1. The Kier molecular flexibility index (Phi) is 8.72. The first-order valence-electron chi connectivity index (χ1n) is 6.72. The van der Waals surface area contributed by atoms with Gasteiger partial charge in [0.15, 0.2) is 0 Å². The Morgan fingerprint density at radius 2 is 1.82 bits per heavy atom. The Morgan fingerprint density at radius 3 is 2.32 bits per heavy atom. The van der Waals surface area contributed by atoms with Crippen LogP contribution in [0.4, 0.5) is 5.69 Å². The number of carboxylic acids is 1. The zero-order chi connectivity index (χ0) is 15.2. The quantitative estimate of drug-likeness (QED) is 0.538. The van der Waals surface area contributed by atoms with Crippen molar-refractivity contribution in [2.75, 3.05) is 30.5 Å². The number of thioether (sulfide) groups is 2. The van der Waals surface area contributed by atoms with Crippen LogP contribution < -0.4 is 39.6 Å². The minimum Gasteiger partial charge on any atom is -0.545 e. The molecule has 112 valence electrons. The average Bonchev–Trinajstić information content (AvgIpc) is 2.97. The number of carbonyl (C=O) groups is 1. The molecule has 0 aromatic heterocycles. The summed E-state index contributed by atoms with van der Waals surface area (Å²) in [5.41, 5.74) is 2.61. The zero-order valence-electron chi connectivity index (χ0n) is 13.2. The van der Waals surface area contributed by atoms with Crippen LogP contribution in [0.15, 0.2) is 40.2 Å². The summed E-state index contributed by atoms with van der Waals surface area (Å²) in [5, 5.41) is 11.2. The molecule has 0 saturated carbocycles. The summed E-state index contributed by atoms with van der Waals surface area (Å²) in [6.45, 7) is 0. The molecule has 1 heterocycles. The van der Waals surface area contributed by atoms with Gasteiger partial charge in [-0.25, -0.2) is 0 Å². The van der Waals surface area contributed by atoms with Gasteiger partial charge in [0.05, 0.1) is 5.97 Å². The molecule has 3 nitrogen and oxygen atoms in total. The number of aliphatic carboxylic acids is 1. The predicted octanol–water partition coefficient (Wildman–Crippen LogP) is -0.399. The van der Waals surface area contributed by atoms with Gasteiger partial charge in [-0.05, 0) is 29.7 Å². The zero-order valence-corrected chi connectivity index (χ0v) is 16.8. The van der Waals surface area contributed by atoms with Crippen molar-refractivity contribution in [1.82, 2.24) is 0 Å². The SMILES string of the molecule is CN(C)c1ccc(/C=C/CC(C(=O)[O-])=C2SCCS2)cc1.[Na+]. The summed E-state index contributed by atoms with van der Waals surface area (Å²) >= 11 is 3.23. The first-order valence-corrected chi connectivity index (χ1v) is 8.69. The number of benzene rings is 1. The predicted molar refractivity (Wildman–Crippen MR) is 91.4 cm³/mol. The second-order valence-electron chi connectivity index (χ2n) is 4.84. The summed E-state index contributed by atoms with van der Waals surface area (Å²) in [4.78, 5) is 13.3. The number of nitrogens with zero attached hydrogens (tertiary/aromatic N) is 1.